The van der Waals surface area contributed by atoms with E-state index in [0.29, 0.717) is 30.6 Å². The molecule has 0 bridgehead atoms. The Morgan fingerprint density at radius 2 is 1.91 bits per heavy atom. The summed E-state index contributed by atoms with van der Waals surface area (Å²) in [7, 11) is 0. The molecule has 1 aromatic heterocycles. The Morgan fingerprint density at radius 3 is 2.70 bits per heavy atom. The average Bonchev–Trinajstić information content (AvgIpc) is 2.51. The van der Waals surface area contributed by atoms with Gasteiger partial charge in [-0.2, -0.15) is 0 Å². The molecule has 1 aliphatic rings. The molecular formula is C17H15NO5. The van der Waals surface area contributed by atoms with Crippen LogP contribution in [0.5, 0.6) is 5.75 Å². The number of imide groups is 1. The van der Waals surface area contributed by atoms with Crippen molar-refractivity contribution >= 4 is 11.8 Å². The monoisotopic (exact) mass is 313 g/mol. The Hall–Kier alpha value is -2.89. The summed E-state index contributed by atoms with van der Waals surface area (Å²) < 4.78 is 10.6. The summed E-state index contributed by atoms with van der Waals surface area (Å²) in [4.78, 5) is 34.9. The van der Waals surface area contributed by atoms with Gasteiger partial charge in [-0.3, -0.25) is 14.9 Å². The number of amides is 2. The molecule has 0 aliphatic carbocycles. The maximum atomic E-state index is 12.0. The molecule has 1 aliphatic heterocycles. The first-order valence-electron chi connectivity index (χ1n) is 7.31. The minimum Gasteiger partial charge on any atom is -0.494 e. The average molecular weight is 313 g/mol. The van der Waals surface area contributed by atoms with Crippen LogP contribution in [0.4, 0.5) is 0 Å². The number of para-hydroxylation sites is 1. The van der Waals surface area contributed by atoms with E-state index in [9.17, 15) is 14.4 Å². The molecule has 6 heteroatoms. The highest BCUT2D eigenvalue weighted by molar-refractivity contribution is 6.09. The number of nitrogens with one attached hydrogen (secondary N) is 1. The van der Waals surface area contributed by atoms with Crippen LogP contribution in [0.15, 0.2) is 45.6 Å². The van der Waals surface area contributed by atoms with Crippen LogP contribution < -0.4 is 15.7 Å². The number of rotatable bonds is 5. The predicted octanol–water partition coefficient (Wildman–Crippen LogP) is 1.46. The third kappa shape index (κ3) is 3.48. The number of carbonyl (C=O) groups excluding carboxylic acids is 2. The first-order valence-corrected chi connectivity index (χ1v) is 7.31. The van der Waals surface area contributed by atoms with Gasteiger partial charge in [0.15, 0.2) is 0 Å². The Labute approximate surface area is 132 Å². The van der Waals surface area contributed by atoms with E-state index in [1.807, 2.05) is 30.3 Å². The van der Waals surface area contributed by atoms with Crippen molar-refractivity contribution in [3.8, 4) is 5.75 Å². The fourth-order valence-electron chi connectivity index (χ4n) is 2.54. The number of hydrogen-bond donors (Lipinski definition) is 1. The normalized spacial score (nSPS) is 13.4. The number of fused-ring (bicyclic) bond motifs is 1. The van der Waals surface area contributed by atoms with E-state index in [4.69, 9.17) is 9.15 Å². The molecule has 0 radical (unpaired) electrons. The van der Waals surface area contributed by atoms with Gasteiger partial charge in [0.1, 0.15) is 11.5 Å². The first kappa shape index (κ1) is 15.0. The minimum absolute atomic E-state index is 0.0926. The summed E-state index contributed by atoms with van der Waals surface area (Å²) in [5, 5.41) is 2.24. The van der Waals surface area contributed by atoms with Crippen LogP contribution in [0.25, 0.3) is 0 Å². The van der Waals surface area contributed by atoms with E-state index in [2.05, 4.69) is 5.32 Å². The summed E-state index contributed by atoms with van der Waals surface area (Å²) in [6, 6.07) is 10.7. The lowest BCUT2D eigenvalue weighted by Crippen LogP contribution is -2.38. The van der Waals surface area contributed by atoms with E-state index in [1.54, 1.807) is 0 Å². The van der Waals surface area contributed by atoms with Gasteiger partial charge in [0.2, 0.25) is 5.91 Å². The summed E-state index contributed by atoms with van der Waals surface area (Å²) in [6.45, 7) is 0.458. The van der Waals surface area contributed by atoms with Crippen LogP contribution in [0, 0.1) is 0 Å². The standard InChI is InChI=1S/C17H15NO5/c19-14-10-13-16(17(21)18-14)11(9-15(20)23-13)5-4-8-22-12-6-2-1-3-7-12/h1-3,6-7,9H,4-5,8,10H2,(H,18,19,21). The fraction of sp³-hybridized carbons (Fsp3) is 0.235. The molecule has 0 spiro atoms. The highest BCUT2D eigenvalue weighted by atomic mass is 16.5. The molecule has 0 unspecified atom stereocenters. The van der Waals surface area contributed by atoms with Gasteiger partial charge in [-0.25, -0.2) is 4.79 Å². The maximum Gasteiger partial charge on any atom is 0.336 e. The zero-order chi connectivity index (χ0) is 16.2. The maximum absolute atomic E-state index is 12.0. The number of aryl methyl sites for hydroxylation is 1. The SMILES string of the molecule is O=C1Cc2oc(=O)cc(CCCOc3ccccc3)c2C(=O)N1. The van der Waals surface area contributed by atoms with Crippen LogP contribution >= 0.6 is 0 Å². The molecule has 2 heterocycles. The molecule has 0 fully saturated rings. The Balaban J connectivity index is 1.70. The van der Waals surface area contributed by atoms with E-state index < -0.39 is 17.4 Å². The quantitative estimate of drug-likeness (QED) is 0.667. The Bertz CT molecular complexity index is 794. The lowest BCUT2D eigenvalue weighted by molar-refractivity contribution is -0.120. The number of hydrogen-bond acceptors (Lipinski definition) is 5. The minimum atomic E-state index is -0.551. The summed E-state index contributed by atoms with van der Waals surface area (Å²) in [5.74, 6) is -0.0649. The predicted molar refractivity (Wildman–Crippen MR) is 81.4 cm³/mol. The molecule has 2 aromatic rings. The molecule has 2 amide bonds. The highest BCUT2D eigenvalue weighted by Crippen LogP contribution is 2.19. The van der Waals surface area contributed by atoms with Gasteiger partial charge in [-0.15, -0.1) is 0 Å². The highest BCUT2D eigenvalue weighted by Gasteiger charge is 2.27. The molecule has 0 saturated carbocycles. The van der Waals surface area contributed by atoms with E-state index in [1.165, 1.54) is 6.07 Å². The van der Waals surface area contributed by atoms with Gasteiger partial charge in [0.25, 0.3) is 5.91 Å². The number of ether oxygens (including phenoxy) is 1. The van der Waals surface area contributed by atoms with Crippen LogP contribution in [-0.4, -0.2) is 18.4 Å². The second-order valence-corrected chi connectivity index (χ2v) is 5.21. The van der Waals surface area contributed by atoms with Crippen molar-refractivity contribution in [1.29, 1.82) is 0 Å². The number of benzene rings is 1. The molecular weight excluding hydrogens is 298 g/mol. The van der Waals surface area contributed by atoms with Crippen molar-refractivity contribution in [3.05, 3.63) is 63.7 Å². The third-order valence-corrected chi connectivity index (χ3v) is 3.52. The largest absolute Gasteiger partial charge is 0.494 e. The number of carbonyl (C=O) groups is 2. The molecule has 118 valence electrons. The fourth-order valence-corrected chi connectivity index (χ4v) is 2.54. The molecule has 23 heavy (non-hydrogen) atoms. The van der Waals surface area contributed by atoms with Gasteiger partial charge in [-0.1, -0.05) is 18.2 Å². The van der Waals surface area contributed by atoms with Crippen LogP contribution in [0.1, 0.15) is 28.1 Å². The van der Waals surface area contributed by atoms with Gasteiger partial charge in [0.05, 0.1) is 18.6 Å². The zero-order valence-electron chi connectivity index (χ0n) is 12.3. The smallest absolute Gasteiger partial charge is 0.336 e. The second-order valence-electron chi connectivity index (χ2n) is 5.21. The van der Waals surface area contributed by atoms with Crippen LogP contribution in [0.3, 0.4) is 0 Å². The van der Waals surface area contributed by atoms with E-state index in [-0.39, 0.29) is 12.2 Å². The Morgan fingerprint density at radius 1 is 1.13 bits per heavy atom. The van der Waals surface area contributed by atoms with Gasteiger partial charge >= 0.3 is 5.63 Å². The molecule has 1 N–H and O–H groups in total. The van der Waals surface area contributed by atoms with E-state index in [0.717, 1.165) is 5.75 Å². The molecule has 1 aromatic carbocycles. The van der Waals surface area contributed by atoms with Gasteiger partial charge < -0.3 is 9.15 Å². The second kappa shape index (κ2) is 6.48. The van der Waals surface area contributed by atoms with Crippen molar-refractivity contribution in [2.45, 2.75) is 19.3 Å². The third-order valence-electron chi connectivity index (χ3n) is 3.52. The molecule has 3 rings (SSSR count). The lowest BCUT2D eigenvalue weighted by Gasteiger charge is -2.16. The van der Waals surface area contributed by atoms with Crippen LogP contribution in [0.2, 0.25) is 0 Å². The van der Waals surface area contributed by atoms with Crippen molar-refractivity contribution in [3.63, 3.8) is 0 Å². The van der Waals surface area contributed by atoms with Crippen molar-refractivity contribution in [2.24, 2.45) is 0 Å². The van der Waals surface area contributed by atoms with Gasteiger partial charge in [-0.05, 0) is 30.5 Å². The molecule has 0 atom stereocenters. The van der Waals surface area contributed by atoms with Crippen molar-refractivity contribution in [1.82, 2.24) is 5.32 Å². The van der Waals surface area contributed by atoms with Gasteiger partial charge in [0, 0.05) is 6.07 Å². The summed E-state index contributed by atoms with van der Waals surface area (Å²) in [6.07, 6.45) is 1.03. The van der Waals surface area contributed by atoms with Crippen molar-refractivity contribution < 1.29 is 18.7 Å². The topological polar surface area (TPSA) is 85.6 Å². The lowest BCUT2D eigenvalue weighted by atomic mass is 9.98. The summed E-state index contributed by atoms with van der Waals surface area (Å²) in [5.41, 5.74) is 0.326. The zero-order valence-corrected chi connectivity index (χ0v) is 12.3. The Kier molecular flexibility index (Phi) is 4.23. The summed E-state index contributed by atoms with van der Waals surface area (Å²) >= 11 is 0. The van der Waals surface area contributed by atoms with E-state index >= 15 is 0 Å². The van der Waals surface area contributed by atoms with Crippen LogP contribution in [-0.2, 0) is 17.6 Å². The van der Waals surface area contributed by atoms with Crippen molar-refractivity contribution in [2.75, 3.05) is 6.61 Å². The molecule has 0 saturated heterocycles. The molecule has 6 nitrogen and oxygen atoms in total. The first-order chi connectivity index (χ1) is 11.1.